The molecule has 1 aliphatic carbocycles. The maximum absolute atomic E-state index is 14.5. The second-order valence-electron chi connectivity index (χ2n) is 8.46. The Morgan fingerprint density at radius 2 is 1.97 bits per heavy atom. The fourth-order valence-corrected chi connectivity index (χ4v) is 4.41. The van der Waals surface area contributed by atoms with E-state index in [0.717, 1.165) is 24.7 Å². The Hall–Kier alpha value is -3.26. The van der Waals surface area contributed by atoms with Crippen molar-refractivity contribution in [3.05, 3.63) is 81.0 Å². The lowest BCUT2D eigenvalue weighted by atomic mass is 10.0. The van der Waals surface area contributed by atoms with Crippen LogP contribution in [-0.4, -0.2) is 32.0 Å². The number of rotatable bonds is 5. The number of nitrogens with zero attached hydrogens (tertiary/aromatic N) is 4. The molecule has 1 N–H and O–H groups in total. The number of fused-ring (bicyclic) bond motifs is 1. The smallest absolute Gasteiger partial charge is 0.261 e. The van der Waals surface area contributed by atoms with E-state index < -0.39 is 17.2 Å². The number of hydrogen-bond acceptors (Lipinski definition) is 5. The van der Waals surface area contributed by atoms with Gasteiger partial charge in [0.15, 0.2) is 5.82 Å². The molecule has 1 atom stereocenters. The summed E-state index contributed by atoms with van der Waals surface area (Å²) in [5.41, 5.74) is 1.82. The lowest BCUT2D eigenvalue weighted by molar-refractivity contribution is 0.366. The molecule has 3 aromatic rings. The van der Waals surface area contributed by atoms with Crippen LogP contribution >= 0.6 is 11.6 Å². The first-order valence-electron chi connectivity index (χ1n) is 10.7. The van der Waals surface area contributed by atoms with Crippen molar-refractivity contribution in [3.8, 4) is 11.5 Å². The number of halogens is 3. The second kappa shape index (κ2) is 8.26. The van der Waals surface area contributed by atoms with Crippen LogP contribution in [-0.2, 0) is 7.05 Å². The predicted molar refractivity (Wildman–Crippen MR) is 123 cm³/mol. The van der Waals surface area contributed by atoms with Crippen molar-refractivity contribution in [3.63, 3.8) is 0 Å². The molecule has 9 heteroatoms. The molecule has 5 rings (SSSR count). The molecule has 3 heterocycles. The first-order chi connectivity index (χ1) is 15.8. The zero-order valence-corrected chi connectivity index (χ0v) is 18.9. The maximum atomic E-state index is 14.5. The highest BCUT2D eigenvalue weighted by Crippen LogP contribution is 2.34. The van der Waals surface area contributed by atoms with Gasteiger partial charge in [0.25, 0.3) is 5.56 Å². The van der Waals surface area contributed by atoms with E-state index in [9.17, 15) is 13.6 Å². The van der Waals surface area contributed by atoms with Gasteiger partial charge >= 0.3 is 0 Å². The van der Waals surface area contributed by atoms with Crippen molar-refractivity contribution in [2.75, 3.05) is 6.54 Å². The quantitative estimate of drug-likeness (QED) is 0.562. The van der Waals surface area contributed by atoms with E-state index >= 15 is 0 Å². The van der Waals surface area contributed by atoms with Crippen molar-refractivity contribution >= 4 is 22.5 Å². The molecule has 0 saturated heterocycles. The lowest BCUT2D eigenvalue weighted by Crippen LogP contribution is -2.33. The molecule has 1 fully saturated rings. The van der Waals surface area contributed by atoms with E-state index in [1.807, 2.05) is 19.1 Å². The summed E-state index contributed by atoms with van der Waals surface area (Å²) < 4.78 is 29.2. The number of hydrogen-bond donors (Lipinski definition) is 1. The highest BCUT2D eigenvalue weighted by molar-refractivity contribution is 6.29. The van der Waals surface area contributed by atoms with Gasteiger partial charge in [-0.3, -0.25) is 9.36 Å². The van der Waals surface area contributed by atoms with Gasteiger partial charge in [-0.15, -0.1) is 0 Å². The Morgan fingerprint density at radius 1 is 1.18 bits per heavy atom. The van der Waals surface area contributed by atoms with Crippen molar-refractivity contribution < 1.29 is 8.78 Å². The molecule has 0 bridgehead atoms. The van der Waals surface area contributed by atoms with Gasteiger partial charge in [-0.05, 0) is 56.2 Å². The summed E-state index contributed by atoms with van der Waals surface area (Å²) in [5, 5.41) is 4.31. The van der Waals surface area contributed by atoms with Crippen molar-refractivity contribution in [2.45, 2.75) is 31.8 Å². The first kappa shape index (κ1) is 21.6. The summed E-state index contributed by atoms with van der Waals surface area (Å²) in [6.07, 6.45) is 7.08. The highest BCUT2D eigenvalue weighted by atomic mass is 35.5. The molecule has 0 spiro atoms. The molecule has 33 heavy (non-hydrogen) atoms. The summed E-state index contributed by atoms with van der Waals surface area (Å²) >= 11 is 6.34. The van der Waals surface area contributed by atoms with Crippen LogP contribution in [0.5, 0.6) is 0 Å². The van der Waals surface area contributed by atoms with Crippen LogP contribution in [0.1, 0.15) is 31.4 Å². The Labute approximate surface area is 194 Å². The topological polar surface area (TPSA) is 63.1 Å². The normalized spacial score (nSPS) is 17.1. The van der Waals surface area contributed by atoms with Gasteiger partial charge in [-0.2, -0.15) is 0 Å². The Bertz CT molecular complexity index is 1360. The van der Waals surface area contributed by atoms with Crippen LogP contribution in [0.3, 0.4) is 0 Å². The molecular weight excluding hydrogens is 448 g/mol. The Kier molecular flexibility index (Phi) is 5.40. The van der Waals surface area contributed by atoms with Crippen LogP contribution in [0.2, 0.25) is 0 Å². The molecule has 170 valence electrons. The van der Waals surface area contributed by atoms with E-state index in [1.54, 1.807) is 0 Å². The summed E-state index contributed by atoms with van der Waals surface area (Å²) in [4.78, 5) is 23.9. The van der Waals surface area contributed by atoms with Crippen LogP contribution < -0.4 is 10.9 Å². The van der Waals surface area contributed by atoms with E-state index in [0.29, 0.717) is 34.5 Å². The van der Waals surface area contributed by atoms with E-state index in [1.165, 1.54) is 35.9 Å². The molecule has 0 unspecified atom stereocenters. The minimum absolute atomic E-state index is 0.173. The van der Waals surface area contributed by atoms with Crippen LogP contribution in [0, 0.1) is 11.6 Å². The minimum Gasteiger partial charge on any atom is -0.380 e. The molecule has 0 radical (unpaired) electrons. The van der Waals surface area contributed by atoms with Gasteiger partial charge in [0, 0.05) is 24.4 Å². The third kappa shape index (κ3) is 4.11. The number of aromatic nitrogens is 3. The molecule has 2 aliphatic rings. The fourth-order valence-electron chi connectivity index (χ4n) is 4.15. The molecule has 6 nitrogen and oxygen atoms in total. The average molecular weight is 470 g/mol. The van der Waals surface area contributed by atoms with Gasteiger partial charge in [-0.1, -0.05) is 11.6 Å². The van der Waals surface area contributed by atoms with Gasteiger partial charge in [0.2, 0.25) is 0 Å². The van der Waals surface area contributed by atoms with E-state index in [4.69, 9.17) is 11.6 Å². The zero-order chi connectivity index (χ0) is 23.3. The van der Waals surface area contributed by atoms with Crippen molar-refractivity contribution in [2.24, 2.45) is 7.05 Å². The molecule has 0 amide bonds. The first-order valence-corrected chi connectivity index (χ1v) is 11.1. The number of benzene rings is 1. The molecule has 2 aromatic heterocycles. The standard InChI is InChI=1S/C24H22ClF2N5O/c1-13(29-16-4-8-21(25)32(12-16)17-5-6-17)18-9-15(27)10-19-22(18)30-23(31(2)24(19)33)20-7-3-14(26)11-28-20/h3-4,7-11,13,17,29H,5-6,12H2,1-2H3/t13-/m1/s1. The number of pyridine rings is 1. The van der Waals surface area contributed by atoms with Crippen LogP contribution in [0.25, 0.3) is 22.4 Å². The predicted octanol–water partition coefficient (Wildman–Crippen LogP) is 4.37. The van der Waals surface area contributed by atoms with Gasteiger partial charge < -0.3 is 10.2 Å². The zero-order valence-electron chi connectivity index (χ0n) is 18.1. The monoisotopic (exact) mass is 469 g/mol. The molecule has 1 aromatic carbocycles. The minimum atomic E-state index is -0.516. The van der Waals surface area contributed by atoms with E-state index in [-0.39, 0.29) is 17.3 Å². The fraction of sp³-hybridized carbons (Fsp3) is 0.292. The van der Waals surface area contributed by atoms with Crippen LogP contribution in [0.15, 0.2) is 58.3 Å². The summed E-state index contributed by atoms with van der Waals surface area (Å²) in [7, 11) is 1.54. The third-order valence-corrected chi connectivity index (χ3v) is 6.37. The summed E-state index contributed by atoms with van der Waals surface area (Å²) in [6.45, 7) is 2.53. The summed E-state index contributed by atoms with van der Waals surface area (Å²) in [6, 6.07) is 5.42. The molecule has 1 saturated carbocycles. The SMILES string of the molecule is C[C@@H](NC1=CC=C(Cl)N(C2CC2)C1)c1cc(F)cc2c(=O)n(C)c(-c3ccc(F)cn3)nc12. The molecule has 1 aliphatic heterocycles. The Morgan fingerprint density at radius 3 is 2.67 bits per heavy atom. The Balaban J connectivity index is 1.56. The maximum Gasteiger partial charge on any atom is 0.261 e. The number of nitrogens with one attached hydrogen (secondary N) is 1. The average Bonchev–Trinajstić information content (AvgIpc) is 3.63. The second-order valence-corrected chi connectivity index (χ2v) is 8.85. The third-order valence-electron chi connectivity index (χ3n) is 6.02. The lowest BCUT2D eigenvalue weighted by Gasteiger charge is -2.30. The van der Waals surface area contributed by atoms with Gasteiger partial charge in [0.1, 0.15) is 22.5 Å². The van der Waals surface area contributed by atoms with Crippen LogP contribution in [0.4, 0.5) is 8.78 Å². The van der Waals surface area contributed by atoms with Gasteiger partial charge in [-0.25, -0.2) is 18.7 Å². The van der Waals surface area contributed by atoms with E-state index in [2.05, 4.69) is 20.2 Å². The van der Waals surface area contributed by atoms with Crippen molar-refractivity contribution in [1.29, 1.82) is 0 Å². The molecular formula is C24H22ClF2N5O. The van der Waals surface area contributed by atoms with Crippen molar-refractivity contribution in [1.82, 2.24) is 24.8 Å². The van der Waals surface area contributed by atoms with Gasteiger partial charge in [0.05, 0.1) is 29.7 Å². The highest BCUT2D eigenvalue weighted by Gasteiger charge is 2.32. The summed E-state index contributed by atoms with van der Waals surface area (Å²) in [5.74, 6) is -0.725. The largest absolute Gasteiger partial charge is 0.380 e. The number of allylic oxidation sites excluding steroid dienone is 2.